The van der Waals surface area contributed by atoms with E-state index in [0.29, 0.717) is 6.42 Å². The van der Waals surface area contributed by atoms with Crippen molar-refractivity contribution < 1.29 is 9.84 Å². The molecule has 2 unspecified atom stereocenters. The topological polar surface area (TPSA) is 88.3 Å². The monoisotopic (exact) mass is 296 g/mol. The van der Waals surface area contributed by atoms with Gasteiger partial charge in [0.1, 0.15) is 18.0 Å². The third kappa shape index (κ3) is 2.28. The maximum Gasteiger partial charge on any atom is 0.248 e. The van der Waals surface area contributed by atoms with Gasteiger partial charge in [-0.1, -0.05) is 6.07 Å². The van der Waals surface area contributed by atoms with E-state index in [9.17, 15) is 9.90 Å². The first-order valence-corrected chi connectivity index (χ1v) is 6.30. The summed E-state index contributed by atoms with van der Waals surface area (Å²) in [6.07, 6.45) is -0.341. The lowest BCUT2D eigenvalue weighted by molar-refractivity contribution is 0.0568. The van der Waals surface area contributed by atoms with Gasteiger partial charge < -0.3 is 20.6 Å². The Bertz CT molecular complexity index is 699. The molecule has 1 aliphatic rings. The third-order valence-corrected chi connectivity index (χ3v) is 3.60. The summed E-state index contributed by atoms with van der Waals surface area (Å²) in [4.78, 5) is 14.2. The van der Waals surface area contributed by atoms with Crippen LogP contribution < -0.4 is 16.0 Å². The van der Waals surface area contributed by atoms with Gasteiger partial charge in [0.25, 0.3) is 0 Å². The summed E-state index contributed by atoms with van der Waals surface area (Å²) in [5, 5.41) is 10.7. The van der Waals surface area contributed by atoms with Crippen LogP contribution in [0.15, 0.2) is 23.0 Å². The van der Waals surface area contributed by atoms with Crippen LogP contribution in [0, 0.1) is 6.92 Å². The zero-order valence-electron chi connectivity index (χ0n) is 11.1. The number of pyridine rings is 1. The second kappa shape index (κ2) is 5.44. The fraction of sp³-hybridized carbons (Fsp3) is 0.357. The van der Waals surface area contributed by atoms with Crippen LogP contribution in [0.1, 0.15) is 11.1 Å². The smallest absolute Gasteiger partial charge is 0.248 e. The zero-order valence-corrected chi connectivity index (χ0v) is 11.9. The molecule has 5 nitrogen and oxygen atoms in total. The molecule has 2 atom stereocenters. The van der Waals surface area contributed by atoms with Crippen LogP contribution in [0.2, 0.25) is 0 Å². The number of aryl methyl sites for hydroxylation is 1. The Labute approximate surface area is 122 Å². The molecule has 0 aliphatic carbocycles. The summed E-state index contributed by atoms with van der Waals surface area (Å²) in [6.45, 7) is 2.12. The molecular weight excluding hydrogens is 280 g/mol. The number of hydrogen-bond donors (Lipinski definition) is 3. The highest BCUT2D eigenvalue weighted by Crippen LogP contribution is 2.37. The van der Waals surface area contributed by atoms with Crippen LogP contribution in [0.25, 0.3) is 10.9 Å². The van der Waals surface area contributed by atoms with Crippen molar-refractivity contribution in [3.05, 3.63) is 39.7 Å². The van der Waals surface area contributed by atoms with E-state index in [2.05, 4.69) is 4.98 Å². The molecule has 1 aromatic carbocycles. The van der Waals surface area contributed by atoms with E-state index in [1.165, 1.54) is 6.07 Å². The SMILES string of the molecule is Cc1cc2c(c3ccc(=O)[nH]c13)OC(C(O)CN)C2.Cl. The van der Waals surface area contributed by atoms with Gasteiger partial charge in [0.2, 0.25) is 5.56 Å². The molecule has 108 valence electrons. The fourth-order valence-electron chi connectivity index (χ4n) is 2.61. The lowest BCUT2D eigenvalue weighted by atomic mass is 10.0. The molecule has 0 radical (unpaired) electrons. The number of ether oxygens (including phenoxy) is 1. The number of aliphatic hydroxyl groups is 1. The average molecular weight is 297 g/mol. The number of halogens is 1. The van der Waals surface area contributed by atoms with Crippen LogP contribution in [0.5, 0.6) is 5.75 Å². The van der Waals surface area contributed by atoms with E-state index < -0.39 is 6.10 Å². The molecule has 4 N–H and O–H groups in total. The highest BCUT2D eigenvalue weighted by atomic mass is 35.5. The Hall–Kier alpha value is -1.56. The molecule has 0 fully saturated rings. The van der Waals surface area contributed by atoms with E-state index in [1.54, 1.807) is 6.07 Å². The predicted molar refractivity (Wildman–Crippen MR) is 79.7 cm³/mol. The molecule has 0 amide bonds. The summed E-state index contributed by atoms with van der Waals surface area (Å²) in [5.41, 5.74) is 8.17. The molecule has 1 aromatic heterocycles. The molecule has 6 heteroatoms. The number of nitrogens with two attached hydrogens (primary N) is 1. The summed E-state index contributed by atoms with van der Waals surface area (Å²) >= 11 is 0. The highest BCUT2D eigenvalue weighted by molar-refractivity contribution is 5.89. The van der Waals surface area contributed by atoms with Crippen LogP contribution in [-0.4, -0.2) is 28.8 Å². The van der Waals surface area contributed by atoms with Crippen molar-refractivity contribution in [1.82, 2.24) is 4.98 Å². The van der Waals surface area contributed by atoms with Crippen LogP contribution in [0.3, 0.4) is 0 Å². The largest absolute Gasteiger partial charge is 0.486 e. The summed E-state index contributed by atoms with van der Waals surface area (Å²) in [6, 6.07) is 5.24. The number of aromatic nitrogens is 1. The molecule has 3 rings (SSSR count). The van der Waals surface area contributed by atoms with Gasteiger partial charge in [-0.05, 0) is 24.1 Å². The Morgan fingerprint density at radius 1 is 1.55 bits per heavy atom. The van der Waals surface area contributed by atoms with Crippen molar-refractivity contribution in [2.24, 2.45) is 5.73 Å². The first kappa shape index (κ1) is 14.8. The van der Waals surface area contributed by atoms with Gasteiger partial charge in [0, 0.05) is 24.4 Å². The Morgan fingerprint density at radius 2 is 2.30 bits per heavy atom. The molecule has 1 aliphatic heterocycles. The minimum Gasteiger partial charge on any atom is -0.486 e. The predicted octanol–water partition coefficient (Wildman–Crippen LogP) is 0.881. The Balaban J connectivity index is 0.00000147. The number of fused-ring (bicyclic) bond motifs is 3. The molecule has 2 heterocycles. The van der Waals surface area contributed by atoms with Crippen molar-refractivity contribution >= 4 is 23.3 Å². The third-order valence-electron chi connectivity index (χ3n) is 3.60. The van der Waals surface area contributed by atoms with E-state index in [0.717, 1.165) is 27.8 Å². The summed E-state index contributed by atoms with van der Waals surface area (Å²) < 4.78 is 5.82. The quantitative estimate of drug-likeness (QED) is 0.768. The van der Waals surface area contributed by atoms with Crippen molar-refractivity contribution in [1.29, 1.82) is 0 Å². The molecule has 0 bridgehead atoms. The Morgan fingerprint density at radius 3 is 3.00 bits per heavy atom. The molecule has 0 spiro atoms. The maximum absolute atomic E-state index is 11.4. The normalized spacial score (nSPS) is 18.2. The average Bonchev–Trinajstić information content (AvgIpc) is 2.82. The van der Waals surface area contributed by atoms with Gasteiger partial charge in [-0.15, -0.1) is 12.4 Å². The first-order valence-electron chi connectivity index (χ1n) is 6.30. The number of rotatable bonds is 2. The number of hydrogen-bond acceptors (Lipinski definition) is 4. The van der Waals surface area contributed by atoms with Gasteiger partial charge in [0.05, 0.1) is 5.52 Å². The van der Waals surface area contributed by atoms with E-state index in [4.69, 9.17) is 10.5 Å². The van der Waals surface area contributed by atoms with Crippen LogP contribution in [0.4, 0.5) is 0 Å². The van der Waals surface area contributed by atoms with Gasteiger partial charge in [-0.3, -0.25) is 4.79 Å². The van der Waals surface area contributed by atoms with E-state index >= 15 is 0 Å². The van der Waals surface area contributed by atoms with Gasteiger partial charge in [-0.25, -0.2) is 0 Å². The van der Waals surface area contributed by atoms with Gasteiger partial charge in [0.15, 0.2) is 0 Å². The first-order chi connectivity index (χ1) is 9.10. The van der Waals surface area contributed by atoms with E-state index in [-0.39, 0.29) is 30.6 Å². The molecule has 2 aromatic rings. The van der Waals surface area contributed by atoms with Crippen molar-refractivity contribution in [2.75, 3.05) is 6.54 Å². The van der Waals surface area contributed by atoms with Crippen molar-refractivity contribution in [2.45, 2.75) is 25.6 Å². The summed E-state index contributed by atoms with van der Waals surface area (Å²) in [7, 11) is 0. The second-order valence-corrected chi connectivity index (χ2v) is 4.96. The van der Waals surface area contributed by atoms with Gasteiger partial charge >= 0.3 is 0 Å². The molecular formula is C14H17ClN2O3. The molecule has 0 saturated carbocycles. The molecule has 20 heavy (non-hydrogen) atoms. The maximum atomic E-state index is 11.4. The highest BCUT2D eigenvalue weighted by Gasteiger charge is 2.30. The number of benzene rings is 1. The fourth-order valence-corrected chi connectivity index (χ4v) is 2.61. The lowest BCUT2D eigenvalue weighted by Gasteiger charge is -2.16. The lowest BCUT2D eigenvalue weighted by Crippen LogP contribution is -2.36. The number of aliphatic hydroxyl groups excluding tert-OH is 1. The van der Waals surface area contributed by atoms with E-state index in [1.807, 2.05) is 13.0 Å². The number of nitrogens with one attached hydrogen (secondary N) is 1. The standard InChI is InChI=1S/C14H16N2O3.ClH/c1-7-4-8-5-11(10(17)6-15)19-14(8)9-2-3-12(18)16-13(7)9;/h2-4,10-11,17H,5-6,15H2,1H3,(H,16,18);1H. The number of aromatic amines is 1. The second-order valence-electron chi connectivity index (χ2n) is 4.96. The van der Waals surface area contributed by atoms with Crippen LogP contribution >= 0.6 is 12.4 Å². The van der Waals surface area contributed by atoms with Crippen molar-refractivity contribution in [3.8, 4) is 5.75 Å². The Kier molecular flexibility index (Phi) is 4.04. The minimum atomic E-state index is -0.675. The van der Waals surface area contributed by atoms with Crippen molar-refractivity contribution in [3.63, 3.8) is 0 Å². The zero-order chi connectivity index (χ0) is 13.6. The summed E-state index contributed by atoms with van der Waals surface area (Å²) in [5.74, 6) is 0.745. The number of H-pyrrole nitrogens is 1. The molecule has 0 saturated heterocycles. The minimum absolute atomic E-state index is 0. The van der Waals surface area contributed by atoms with Gasteiger partial charge in [-0.2, -0.15) is 0 Å². The van der Waals surface area contributed by atoms with Crippen LogP contribution in [-0.2, 0) is 6.42 Å².